The summed E-state index contributed by atoms with van der Waals surface area (Å²) in [6, 6.07) is 0.786. The van der Waals surface area contributed by atoms with Crippen LogP contribution in [0.5, 0.6) is 0 Å². The molecule has 2 heterocycles. The van der Waals surface area contributed by atoms with Gasteiger partial charge in [-0.2, -0.15) is 0 Å². The summed E-state index contributed by atoms with van der Waals surface area (Å²) in [5.74, 6) is -1.68. The fourth-order valence-corrected chi connectivity index (χ4v) is 3.59. The Hall–Kier alpha value is -2.97. The highest BCUT2D eigenvalue weighted by Crippen LogP contribution is 2.35. The molecule has 3 rings (SSSR count). The van der Waals surface area contributed by atoms with E-state index in [1.807, 2.05) is 13.8 Å². The van der Waals surface area contributed by atoms with Crippen molar-refractivity contribution in [1.29, 1.82) is 0 Å². The van der Waals surface area contributed by atoms with E-state index in [4.69, 9.17) is 4.74 Å². The molecule has 1 unspecified atom stereocenters. The van der Waals surface area contributed by atoms with Crippen LogP contribution in [0.1, 0.15) is 43.3 Å². The number of aromatic amines is 1. The number of imidazole rings is 1. The average Bonchev–Trinajstić information content (AvgIpc) is 3.16. The number of nitrogens with zero attached hydrogens (tertiary/aromatic N) is 2. The fourth-order valence-electron chi connectivity index (χ4n) is 3.59. The molecule has 2 N–H and O–H groups in total. The van der Waals surface area contributed by atoms with Crippen LogP contribution in [0.15, 0.2) is 24.5 Å². The summed E-state index contributed by atoms with van der Waals surface area (Å²) < 4.78 is 33.2. The van der Waals surface area contributed by atoms with Crippen molar-refractivity contribution in [3.05, 3.63) is 53.1 Å². The minimum Gasteiger partial charge on any atom is -0.467 e. The number of carbonyl (C=O) groups excluding carboxylic acids is 2. The summed E-state index contributed by atoms with van der Waals surface area (Å²) >= 11 is 0. The summed E-state index contributed by atoms with van der Waals surface area (Å²) in [6.45, 7) is 4.09. The molecule has 2 atom stereocenters. The zero-order valence-corrected chi connectivity index (χ0v) is 16.5. The predicted molar refractivity (Wildman–Crippen MR) is 101 cm³/mol. The average molecular weight is 406 g/mol. The molecule has 1 aromatic carbocycles. The number of urea groups is 1. The Labute approximate surface area is 167 Å². The van der Waals surface area contributed by atoms with E-state index in [1.165, 1.54) is 18.3 Å². The Morgan fingerprint density at radius 3 is 2.83 bits per heavy atom. The maximum Gasteiger partial charge on any atom is 0.328 e. The number of hydrogen-bond acceptors (Lipinski definition) is 4. The van der Waals surface area contributed by atoms with E-state index < -0.39 is 35.7 Å². The second kappa shape index (κ2) is 8.59. The van der Waals surface area contributed by atoms with E-state index in [-0.39, 0.29) is 18.0 Å². The quantitative estimate of drug-likeness (QED) is 0.748. The lowest BCUT2D eigenvalue weighted by Crippen LogP contribution is -2.51. The molecule has 7 nitrogen and oxygen atoms in total. The maximum atomic E-state index is 14.6. The zero-order valence-electron chi connectivity index (χ0n) is 16.5. The number of nitrogens with one attached hydrogen (secondary N) is 2. The molecule has 1 aliphatic heterocycles. The smallest absolute Gasteiger partial charge is 0.328 e. The van der Waals surface area contributed by atoms with Crippen LogP contribution in [-0.4, -0.2) is 46.6 Å². The SMILES string of the molecule is COC(=O)[C@H](CC(C)C)NC(=O)N1CCc2[nH]cnc2C1c1cc(F)ccc1F. The normalized spacial score (nSPS) is 17.0. The fraction of sp³-hybridized carbons (Fsp3) is 0.450. The largest absolute Gasteiger partial charge is 0.467 e. The van der Waals surface area contributed by atoms with Crippen LogP contribution in [0, 0.1) is 17.6 Å². The number of rotatable bonds is 5. The molecule has 2 amide bonds. The first-order valence-corrected chi connectivity index (χ1v) is 9.43. The van der Waals surface area contributed by atoms with E-state index in [0.717, 1.165) is 23.9 Å². The van der Waals surface area contributed by atoms with Gasteiger partial charge >= 0.3 is 12.0 Å². The van der Waals surface area contributed by atoms with Crippen LogP contribution in [-0.2, 0) is 16.0 Å². The third-order valence-electron chi connectivity index (χ3n) is 4.93. The molecular weight excluding hydrogens is 382 g/mol. The number of hydrogen-bond donors (Lipinski definition) is 2. The molecule has 0 saturated carbocycles. The third-order valence-corrected chi connectivity index (χ3v) is 4.93. The first-order valence-electron chi connectivity index (χ1n) is 9.43. The van der Waals surface area contributed by atoms with Crippen molar-refractivity contribution < 1.29 is 23.1 Å². The number of aromatic nitrogens is 2. The first-order chi connectivity index (χ1) is 13.8. The van der Waals surface area contributed by atoms with Crippen molar-refractivity contribution in [1.82, 2.24) is 20.2 Å². The molecule has 0 bridgehead atoms. The van der Waals surface area contributed by atoms with Gasteiger partial charge in [-0.15, -0.1) is 0 Å². The molecule has 0 saturated heterocycles. The summed E-state index contributed by atoms with van der Waals surface area (Å²) in [5, 5.41) is 2.68. The summed E-state index contributed by atoms with van der Waals surface area (Å²) in [6.07, 6.45) is 2.33. The van der Waals surface area contributed by atoms with Crippen molar-refractivity contribution in [3.63, 3.8) is 0 Å². The van der Waals surface area contributed by atoms with Crippen molar-refractivity contribution >= 4 is 12.0 Å². The lowest BCUT2D eigenvalue weighted by Gasteiger charge is -2.36. The number of amides is 2. The van der Waals surface area contributed by atoms with Gasteiger partial charge in [0.05, 0.1) is 19.1 Å². The van der Waals surface area contributed by atoms with E-state index in [0.29, 0.717) is 18.5 Å². The highest BCUT2D eigenvalue weighted by atomic mass is 19.1. The monoisotopic (exact) mass is 406 g/mol. The topological polar surface area (TPSA) is 87.3 Å². The van der Waals surface area contributed by atoms with E-state index in [2.05, 4.69) is 15.3 Å². The van der Waals surface area contributed by atoms with Gasteiger partial charge in [0.15, 0.2) is 0 Å². The maximum absolute atomic E-state index is 14.6. The summed E-state index contributed by atoms with van der Waals surface area (Å²) in [4.78, 5) is 33.8. The van der Waals surface area contributed by atoms with E-state index >= 15 is 0 Å². The van der Waals surface area contributed by atoms with Crippen molar-refractivity contribution in [3.8, 4) is 0 Å². The van der Waals surface area contributed by atoms with Crippen LogP contribution in [0.4, 0.5) is 13.6 Å². The molecule has 2 aromatic rings. The number of ether oxygens (including phenoxy) is 1. The summed E-state index contributed by atoms with van der Waals surface area (Å²) in [7, 11) is 1.25. The van der Waals surface area contributed by atoms with E-state index in [1.54, 1.807) is 0 Å². The van der Waals surface area contributed by atoms with Crippen molar-refractivity contribution in [2.45, 2.75) is 38.8 Å². The Morgan fingerprint density at radius 1 is 1.38 bits per heavy atom. The molecule has 156 valence electrons. The number of carbonyl (C=O) groups is 2. The first kappa shape index (κ1) is 20.8. The van der Waals surface area contributed by atoms with Crippen LogP contribution in [0.2, 0.25) is 0 Å². The molecule has 1 aromatic heterocycles. The Kier molecular flexibility index (Phi) is 6.14. The zero-order chi connectivity index (χ0) is 21.1. The van der Waals surface area contributed by atoms with E-state index in [9.17, 15) is 18.4 Å². The number of benzene rings is 1. The Balaban J connectivity index is 1.95. The van der Waals surface area contributed by atoms with Gasteiger partial charge in [-0.1, -0.05) is 13.8 Å². The second-order valence-corrected chi connectivity index (χ2v) is 7.43. The van der Waals surface area contributed by atoms with Gasteiger partial charge in [0.1, 0.15) is 23.7 Å². The lowest BCUT2D eigenvalue weighted by molar-refractivity contribution is -0.143. The number of H-pyrrole nitrogens is 1. The molecule has 0 fully saturated rings. The van der Waals surface area contributed by atoms with Gasteiger partial charge in [0, 0.05) is 24.2 Å². The van der Waals surface area contributed by atoms with Gasteiger partial charge in [0.2, 0.25) is 0 Å². The standard InChI is InChI=1S/C20H24F2N4O3/c1-11(2)8-16(19(27)29-3)25-20(28)26-7-6-15-17(24-10-23-15)18(26)13-9-12(21)4-5-14(13)22/h4-5,9-11,16,18H,6-8H2,1-3H3,(H,23,24)(H,25,28)/t16-,18?/m0/s1. The van der Waals surface area contributed by atoms with Gasteiger partial charge in [-0.25, -0.2) is 23.4 Å². The van der Waals surface area contributed by atoms with Gasteiger partial charge < -0.3 is 19.9 Å². The lowest BCUT2D eigenvalue weighted by atomic mass is 9.95. The number of fused-ring (bicyclic) bond motifs is 1. The van der Waals surface area contributed by atoms with Crippen molar-refractivity contribution in [2.75, 3.05) is 13.7 Å². The predicted octanol–water partition coefficient (Wildman–Crippen LogP) is 2.93. The Bertz CT molecular complexity index is 900. The highest BCUT2D eigenvalue weighted by molar-refractivity contribution is 5.84. The molecule has 0 spiro atoms. The van der Waals surface area contributed by atoms with Crippen molar-refractivity contribution in [2.24, 2.45) is 5.92 Å². The van der Waals surface area contributed by atoms with Crippen LogP contribution in [0.25, 0.3) is 0 Å². The molecule has 1 aliphatic rings. The molecule has 29 heavy (non-hydrogen) atoms. The highest BCUT2D eigenvalue weighted by Gasteiger charge is 2.37. The van der Waals surface area contributed by atoms with Crippen LogP contribution < -0.4 is 5.32 Å². The number of methoxy groups -OCH3 is 1. The van der Waals surface area contributed by atoms with Gasteiger partial charge in [-0.3, -0.25) is 0 Å². The van der Waals surface area contributed by atoms with Gasteiger partial charge in [0.25, 0.3) is 0 Å². The van der Waals surface area contributed by atoms with Crippen LogP contribution >= 0.6 is 0 Å². The third kappa shape index (κ3) is 4.38. The molecule has 0 radical (unpaired) electrons. The molecule has 9 heteroatoms. The number of halogens is 2. The summed E-state index contributed by atoms with van der Waals surface area (Å²) in [5.41, 5.74) is 1.22. The second-order valence-electron chi connectivity index (χ2n) is 7.43. The van der Waals surface area contributed by atoms with Gasteiger partial charge in [-0.05, 0) is 30.5 Å². The molecular formula is C20H24F2N4O3. The minimum atomic E-state index is -0.918. The minimum absolute atomic E-state index is 0.00618. The van der Waals surface area contributed by atoms with Crippen LogP contribution in [0.3, 0.4) is 0 Å². The molecule has 0 aliphatic carbocycles. The Morgan fingerprint density at radius 2 is 2.14 bits per heavy atom. The number of esters is 1.